The Balaban J connectivity index is 2.60. The Morgan fingerprint density at radius 1 is 1.16 bits per heavy atom. The van der Waals surface area contributed by atoms with Crippen molar-refractivity contribution in [1.82, 2.24) is 0 Å². The maximum Gasteiger partial charge on any atom is 0.314 e. The van der Waals surface area contributed by atoms with Gasteiger partial charge in [0, 0.05) is 11.6 Å². The second-order valence-corrected chi connectivity index (χ2v) is 4.82. The van der Waals surface area contributed by atoms with Crippen molar-refractivity contribution >= 4 is 5.97 Å². The number of carboxylic acids is 1. The van der Waals surface area contributed by atoms with Gasteiger partial charge in [0.15, 0.2) is 11.5 Å². The van der Waals surface area contributed by atoms with Gasteiger partial charge in [-0.3, -0.25) is 4.79 Å². The van der Waals surface area contributed by atoms with E-state index in [1.54, 1.807) is 0 Å². The predicted octanol–water partition coefficient (Wildman–Crippen LogP) is 2.31. The van der Waals surface area contributed by atoms with Crippen molar-refractivity contribution in [1.29, 1.82) is 0 Å². The maximum absolute atomic E-state index is 11.7. The van der Waals surface area contributed by atoms with Crippen LogP contribution in [-0.2, 0) is 10.2 Å². The summed E-state index contributed by atoms with van der Waals surface area (Å²) in [7, 11) is 2.93. The van der Waals surface area contributed by atoms with Gasteiger partial charge in [-0.15, -0.1) is 0 Å². The number of rotatable bonds is 4. The Bertz CT molecular complexity index is 489. The van der Waals surface area contributed by atoms with E-state index >= 15 is 0 Å². The van der Waals surface area contributed by atoms with Crippen LogP contribution in [0, 0.1) is 0 Å². The van der Waals surface area contributed by atoms with Crippen molar-refractivity contribution in [2.24, 2.45) is 0 Å². The normalized spacial score (nSPS) is 17.2. The van der Waals surface area contributed by atoms with Gasteiger partial charge in [0.1, 0.15) is 5.75 Å². The van der Waals surface area contributed by atoms with Crippen LogP contribution in [0.15, 0.2) is 12.1 Å². The Morgan fingerprint density at radius 2 is 1.74 bits per heavy atom. The molecule has 0 spiro atoms. The van der Waals surface area contributed by atoms with E-state index in [1.165, 1.54) is 26.4 Å². The quantitative estimate of drug-likeness (QED) is 0.874. The van der Waals surface area contributed by atoms with Gasteiger partial charge in [0.2, 0.25) is 0 Å². The molecule has 0 radical (unpaired) electrons. The molecular weight excluding hydrogens is 248 g/mol. The molecule has 1 aromatic rings. The summed E-state index contributed by atoms with van der Waals surface area (Å²) in [6.07, 6.45) is 2.85. The van der Waals surface area contributed by atoms with E-state index in [2.05, 4.69) is 0 Å². The van der Waals surface area contributed by atoms with Crippen LogP contribution in [-0.4, -0.2) is 30.4 Å². The summed E-state index contributed by atoms with van der Waals surface area (Å²) in [6, 6.07) is 2.99. The van der Waals surface area contributed by atoms with E-state index < -0.39 is 11.4 Å². The van der Waals surface area contributed by atoms with Gasteiger partial charge in [-0.2, -0.15) is 0 Å². The van der Waals surface area contributed by atoms with Crippen molar-refractivity contribution in [3.05, 3.63) is 17.7 Å². The van der Waals surface area contributed by atoms with Gasteiger partial charge in [0.25, 0.3) is 0 Å². The van der Waals surface area contributed by atoms with Crippen LogP contribution in [0.3, 0.4) is 0 Å². The number of hydrogen-bond acceptors (Lipinski definition) is 4. The number of aliphatic carboxylic acids is 1. The van der Waals surface area contributed by atoms with Crippen LogP contribution >= 0.6 is 0 Å². The molecule has 5 nitrogen and oxygen atoms in total. The number of ether oxygens (including phenoxy) is 2. The van der Waals surface area contributed by atoms with Crippen molar-refractivity contribution in [3.63, 3.8) is 0 Å². The zero-order valence-electron chi connectivity index (χ0n) is 11.1. The molecule has 0 unspecified atom stereocenters. The first-order valence-electron chi connectivity index (χ1n) is 6.24. The molecule has 1 aliphatic rings. The van der Waals surface area contributed by atoms with Crippen molar-refractivity contribution in [2.75, 3.05) is 14.2 Å². The van der Waals surface area contributed by atoms with Crippen LogP contribution in [0.25, 0.3) is 0 Å². The predicted molar refractivity (Wildman–Crippen MR) is 69.0 cm³/mol. The third-order valence-electron chi connectivity index (χ3n) is 3.88. The first-order valence-corrected chi connectivity index (χ1v) is 6.24. The van der Waals surface area contributed by atoms with Gasteiger partial charge in [-0.05, 0) is 18.9 Å². The highest BCUT2D eigenvalue weighted by atomic mass is 16.5. The molecule has 1 aromatic carbocycles. The Morgan fingerprint density at radius 3 is 2.21 bits per heavy atom. The third-order valence-corrected chi connectivity index (χ3v) is 3.88. The highest BCUT2D eigenvalue weighted by Crippen LogP contribution is 2.48. The van der Waals surface area contributed by atoms with E-state index in [1.807, 2.05) is 0 Å². The molecule has 2 rings (SSSR count). The van der Waals surface area contributed by atoms with E-state index in [9.17, 15) is 15.0 Å². The molecule has 2 N–H and O–H groups in total. The Labute approximate surface area is 111 Å². The SMILES string of the molecule is COc1cc(OC)c(C2(C(=O)O)CCCC2)cc1O. The molecule has 0 amide bonds. The van der Waals surface area contributed by atoms with Crippen molar-refractivity contribution < 1.29 is 24.5 Å². The lowest BCUT2D eigenvalue weighted by molar-refractivity contribution is -0.143. The number of hydrogen-bond donors (Lipinski definition) is 2. The van der Waals surface area contributed by atoms with E-state index in [0.29, 0.717) is 24.2 Å². The average Bonchev–Trinajstić information content (AvgIpc) is 2.89. The average molecular weight is 266 g/mol. The van der Waals surface area contributed by atoms with Crippen molar-refractivity contribution in [2.45, 2.75) is 31.1 Å². The van der Waals surface area contributed by atoms with Crippen LogP contribution in [0.2, 0.25) is 0 Å². The summed E-state index contributed by atoms with van der Waals surface area (Å²) in [6.45, 7) is 0. The van der Waals surface area contributed by atoms with Gasteiger partial charge < -0.3 is 19.7 Å². The summed E-state index contributed by atoms with van der Waals surface area (Å²) in [5, 5.41) is 19.5. The summed E-state index contributed by atoms with van der Waals surface area (Å²) >= 11 is 0. The zero-order chi connectivity index (χ0) is 14.0. The third kappa shape index (κ3) is 2.09. The fraction of sp³-hybridized carbons (Fsp3) is 0.500. The van der Waals surface area contributed by atoms with Crippen molar-refractivity contribution in [3.8, 4) is 17.2 Å². The second kappa shape index (κ2) is 4.99. The van der Waals surface area contributed by atoms with Crippen LogP contribution in [0.4, 0.5) is 0 Å². The molecule has 0 aliphatic heterocycles. The zero-order valence-corrected chi connectivity index (χ0v) is 11.1. The molecule has 0 heterocycles. The minimum atomic E-state index is -0.963. The number of phenolic OH excluding ortho intramolecular Hbond substituents is 1. The molecule has 0 bridgehead atoms. The van der Waals surface area contributed by atoms with Crippen LogP contribution < -0.4 is 9.47 Å². The fourth-order valence-corrected chi connectivity index (χ4v) is 2.83. The van der Waals surface area contributed by atoms with Gasteiger partial charge >= 0.3 is 5.97 Å². The molecule has 0 aromatic heterocycles. The molecule has 0 atom stereocenters. The Hall–Kier alpha value is -1.91. The number of carbonyl (C=O) groups is 1. The maximum atomic E-state index is 11.7. The van der Waals surface area contributed by atoms with E-state index in [-0.39, 0.29) is 11.5 Å². The largest absolute Gasteiger partial charge is 0.504 e. The molecule has 19 heavy (non-hydrogen) atoms. The lowest BCUT2D eigenvalue weighted by Crippen LogP contribution is -2.33. The van der Waals surface area contributed by atoms with Gasteiger partial charge in [-0.1, -0.05) is 12.8 Å². The first-order chi connectivity index (χ1) is 9.05. The highest BCUT2D eigenvalue weighted by Gasteiger charge is 2.45. The second-order valence-electron chi connectivity index (χ2n) is 4.82. The minimum Gasteiger partial charge on any atom is -0.504 e. The van der Waals surface area contributed by atoms with Crippen LogP contribution in [0.5, 0.6) is 17.2 Å². The standard InChI is InChI=1S/C14H18O5/c1-18-11-8-12(19-2)10(15)7-9(11)14(13(16)17)5-3-4-6-14/h7-8,15H,3-6H2,1-2H3,(H,16,17). The molecule has 1 fully saturated rings. The minimum absolute atomic E-state index is 0.0641. The molecule has 0 saturated heterocycles. The summed E-state index contributed by atoms with van der Waals surface area (Å²) in [5.74, 6) is -0.211. The Kier molecular flexibility index (Phi) is 3.55. The smallest absolute Gasteiger partial charge is 0.314 e. The molecule has 5 heteroatoms. The molecule has 1 saturated carbocycles. The number of aromatic hydroxyl groups is 1. The van der Waals surface area contributed by atoms with Gasteiger partial charge in [0.05, 0.1) is 19.6 Å². The topological polar surface area (TPSA) is 76.0 Å². The molecular formula is C14H18O5. The first kappa shape index (κ1) is 13.5. The summed E-state index contributed by atoms with van der Waals surface area (Å²) in [4.78, 5) is 11.7. The summed E-state index contributed by atoms with van der Waals surface area (Å²) < 4.78 is 10.3. The molecule has 104 valence electrons. The molecule has 1 aliphatic carbocycles. The number of methoxy groups -OCH3 is 2. The number of benzene rings is 1. The fourth-order valence-electron chi connectivity index (χ4n) is 2.83. The van der Waals surface area contributed by atoms with E-state index in [4.69, 9.17) is 9.47 Å². The number of carboxylic acid groups (broad SMARTS) is 1. The van der Waals surface area contributed by atoms with E-state index in [0.717, 1.165) is 12.8 Å². The lowest BCUT2D eigenvalue weighted by atomic mass is 9.78. The summed E-state index contributed by atoms with van der Waals surface area (Å²) in [5.41, 5.74) is -0.437. The number of phenols is 1. The highest BCUT2D eigenvalue weighted by molar-refractivity contribution is 5.83. The lowest BCUT2D eigenvalue weighted by Gasteiger charge is -2.26. The van der Waals surface area contributed by atoms with Gasteiger partial charge in [-0.25, -0.2) is 0 Å². The van der Waals surface area contributed by atoms with Crippen LogP contribution in [0.1, 0.15) is 31.2 Å². The monoisotopic (exact) mass is 266 g/mol.